The summed E-state index contributed by atoms with van der Waals surface area (Å²) in [5, 5.41) is 20.9. The minimum absolute atomic E-state index is 0.0490. The molecule has 0 aliphatic heterocycles. The van der Waals surface area contributed by atoms with Crippen molar-refractivity contribution in [3.8, 4) is 23.3 Å². The zero-order valence-corrected chi connectivity index (χ0v) is 22.3. The van der Waals surface area contributed by atoms with Gasteiger partial charge in [-0.05, 0) is 85.5 Å². The number of nitro groups is 1. The fourth-order valence-electron chi connectivity index (χ4n) is 3.51. The number of aryl methyl sites for hydroxylation is 2. The van der Waals surface area contributed by atoms with Crippen molar-refractivity contribution in [3.05, 3.63) is 92.0 Å². The number of rotatable bonds is 13. The summed E-state index contributed by atoms with van der Waals surface area (Å²) in [6.07, 6.45) is 1.64. The first-order valence-corrected chi connectivity index (χ1v) is 12.4. The van der Waals surface area contributed by atoms with Gasteiger partial charge >= 0.3 is 0 Å². The van der Waals surface area contributed by atoms with E-state index in [1.165, 1.54) is 35.4 Å². The Kier molecular flexibility index (Phi) is 10.5. The van der Waals surface area contributed by atoms with Crippen molar-refractivity contribution in [3.63, 3.8) is 0 Å². The maximum Gasteiger partial charge on any atom is 0.269 e. The van der Waals surface area contributed by atoms with Gasteiger partial charge in [0.05, 0.1) is 41.4 Å². The maximum atomic E-state index is 10.9. The third-order valence-electron chi connectivity index (χ3n) is 5.60. The molecule has 0 saturated heterocycles. The van der Waals surface area contributed by atoms with E-state index in [0.29, 0.717) is 59.6 Å². The van der Waals surface area contributed by atoms with Gasteiger partial charge in [-0.25, -0.2) is 0 Å². The Balaban J connectivity index is 1.59. The van der Waals surface area contributed by atoms with Crippen LogP contribution in [0.2, 0.25) is 5.02 Å². The van der Waals surface area contributed by atoms with E-state index in [1.54, 1.807) is 18.2 Å². The summed E-state index contributed by atoms with van der Waals surface area (Å²) in [4.78, 5) is 10.4. The number of benzene rings is 3. The van der Waals surface area contributed by atoms with Crippen molar-refractivity contribution in [2.45, 2.75) is 20.8 Å². The van der Waals surface area contributed by atoms with Gasteiger partial charge in [0.25, 0.3) is 5.69 Å². The Hall–Kier alpha value is -4.06. The number of nitriles is 1. The van der Waals surface area contributed by atoms with Crippen molar-refractivity contribution < 1.29 is 23.9 Å². The van der Waals surface area contributed by atoms with Gasteiger partial charge in [0, 0.05) is 12.1 Å². The van der Waals surface area contributed by atoms with E-state index >= 15 is 0 Å². The van der Waals surface area contributed by atoms with Crippen molar-refractivity contribution >= 4 is 28.9 Å². The zero-order chi connectivity index (χ0) is 27.5. The van der Waals surface area contributed by atoms with Gasteiger partial charge in [0.2, 0.25) is 0 Å². The standard InChI is InChI=1S/C29H29ClN2O6/c1-4-36-28-18-22(16-24(19-31)23-6-8-25(9-7-23)32(33)34)17-27(30)29(28)38-14-12-35-11-13-37-26-10-5-20(2)21(3)15-26/h5-10,15-18H,4,11-14H2,1-3H3/b24-16-. The molecule has 0 aromatic heterocycles. The van der Waals surface area contributed by atoms with Gasteiger partial charge in [0.15, 0.2) is 11.5 Å². The molecule has 0 bridgehead atoms. The van der Waals surface area contributed by atoms with Crippen LogP contribution in [0.15, 0.2) is 54.6 Å². The number of non-ortho nitro benzene ring substituents is 1. The first kappa shape index (κ1) is 28.5. The van der Waals surface area contributed by atoms with E-state index in [4.69, 9.17) is 30.5 Å². The van der Waals surface area contributed by atoms with Crippen LogP contribution < -0.4 is 14.2 Å². The molecule has 198 valence electrons. The molecule has 0 saturated carbocycles. The minimum Gasteiger partial charge on any atom is -0.491 e. The summed E-state index contributed by atoms with van der Waals surface area (Å²) in [7, 11) is 0. The lowest BCUT2D eigenvalue weighted by molar-refractivity contribution is -0.384. The van der Waals surface area contributed by atoms with Gasteiger partial charge in [-0.2, -0.15) is 5.26 Å². The third-order valence-corrected chi connectivity index (χ3v) is 5.88. The summed E-state index contributed by atoms with van der Waals surface area (Å²) in [5.74, 6) is 1.63. The zero-order valence-electron chi connectivity index (χ0n) is 21.5. The highest BCUT2D eigenvalue weighted by Gasteiger charge is 2.14. The van der Waals surface area contributed by atoms with Gasteiger partial charge in [-0.15, -0.1) is 0 Å². The van der Waals surface area contributed by atoms with Gasteiger partial charge in [-0.1, -0.05) is 17.7 Å². The molecule has 0 aliphatic carbocycles. The number of hydrogen-bond donors (Lipinski definition) is 0. The average Bonchev–Trinajstić information content (AvgIpc) is 2.90. The van der Waals surface area contributed by atoms with Crippen LogP contribution in [0.5, 0.6) is 17.2 Å². The quantitative estimate of drug-likeness (QED) is 0.0777. The monoisotopic (exact) mass is 536 g/mol. The smallest absolute Gasteiger partial charge is 0.269 e. The minimum atomic E-state index is -0.489. The Morgan fingerprint density at radius 3 is 2.32 bits per heavy atom. The van der Waals surface area contributed by atoms with Crippen LogP contribution in [0.1, 0.15) is 29.2 Å². The van der Waals surface area contributed by atoms with Crippen LogP contribution in [0.3, 0.4) is 0 Å². The van der Waals surface area contributed by atoms with E-state index in [2.05, 4.69) is 13.0 Å². The van der Waals surface area contributed by atoms with E-state index in [-0.39, 0.29) is 12.3 Å². The molecule has 0 spiro atoms. The third kappa shape index (κ3) is 7.97. The fourth-order valence-corrected chi connectivity index (χ4v) is 3.78. The summed E-state index contributed by atoms with van der Waals surface area (Å²) in [6, 6.07) is 17.3. The number of hydrogen-bond acceptors (Lipinski definition) is 7. The molecular weight excluding hydrogens is 508 g/mol. The number of nitro benzene ring substituents is 1. The van der Waals surface area contributed by atoms with Gasteiger partial charge < -0.3 is 18.9 Å². The highest BCUT2D eigenvalue weighted by Crippen LogP contribution is 2.37. The molecule has 0 heterocycles. The van der Waals surface area contributed by atoms with E-state index in [1.807, 2.05) is 32.0 Å². The normalized spacial score (nSPS) is 11.1. The Labute approximate surface area is 227 Å². The maximum absolute atomic E-state index is 10.9. The summed E-state index contributed by atoms with van der Waals surface area (Å²) in [6.45, 7) is 7.75. The van der Waals surface area contributed by atoms with Crippen LogP contribution in [0.25, 0.3) is 11.6 Å². The van der Waals surface area contributed by atoms with Crippen molar-refractivity contribution in [2.24, 2.45) is 0 Å². The topological polar surface area (TPSA) is 104 Å². The van der Waals surface area contributed by atoms with Crippen LogP contribution in [0, 0.1) is 35.3 Å². The molecule has 3 aromatic carbocycles. The van der Waals surface area contributed by atoms with Gasteiger partial charge in [0.1, 0.15) is 19.0 Å². The second-order valence-electron chi connectivity index (χ2n) is 8.29. The van der Waals surface area contributed by atoms with Crippen molar-refractivity contribution in [2.75, 3.05) is 33.0 Å². The highest BCUT2D eigenvalue weighted by atomic mass is 35.5. The fraction of sp³-hybridized carbons (Fsp3) is 0.276. The lowest BCUT2D eigenvalue weighted by Crippen LogP contribution is -2.12. The molecule has 0 aliphatic rings. The largest absolute Gasteiger partial charge is 0.491 e. The number of ether oxygens (including phenoxy) is 4. The molecule has 0 N–H and O–H groups in total. The molecule has 3 aromatic rings. The van der Waals surface area contributed by atoms with E-state index in [9.17, 15) is 15.4 Å². The predicted molar refractivity (Wildman–Crippen MR) is 147 cm³/mol. The molecule has 0 atom stereocenters. The first-order chi connectivity index (χ1) is 18.3. The second-order valence-corrected chi connectivity index (χ2v) is 8.70. The Bertz CT molecular complexity index is 1330. The molecular formula is C29H29ClN2O6. The van der Waals surface area contributed by atoms with E-state index in [0.717, 1.165) is 5.75 Å². The molecule has 3 rings (SSSR count). The number of halogens is 1. The average molecular weight is 537 g/mol. The SMILES string of the molecule is CCOc1cc(/C=C(/C#N)c2ccc([N+](=O)[O-])cc2)cc(Cl)c1OCCOCCOc1ccc(C)c(C)c1. The molecule has 0 fully saturated rings. The van der Waals surface area contributed by atoms with Gasteiger partial charge in [-0.3, -0.25) is 10.1 Å². The Morgan fingerprint density at radius 1 is 0.974 bits per heavy atom. The lowest BCUT2D eigenvalue weighted by Gasteiger charge is -2.15. The summed E-state index contributed by atoms with van der Waals surface area (Å²) in [5.41, 5.74) is 3.84. The molecule has 0 unspecified atom stereocenters. The molecule has 9 heteroatoms. The number of nitrogens with zero attached hydrogens (tertiary/aromatic N) is 2. The summed E-state index contributed by atoms with van der Waals surface area (Å²) < 4.78 is 22.9. The molecule has 0 amide bonds. The predicted octanol–water partition coefficient (Wildman–Crippen LogP) is 6.80. The molecule has 8 nitrogen and oxygen atoms in total. The second kappa shape index (κ2) is 14.0. The number of allylic oxidation sites excluding steroid dienone is 1. The van der Waals surface area contributed by atoms with E-state index < -0.39 is 4.92 Å². The lowest BCUT2D eigenvalue weighted by atomic mass is 10.0. The first-order valence-electron chi connectivity index (χ1n) is 12.1. The Morgan fingerprint density at radius 2 is 1.68 bits per heavy atom. The van der Waals surface area contributed by atoms with Crippen LogP contribution in [-0.2, 0) is 4.74 Å². The summed E-state index contributed by atoms with van der Waals surface area (Å²) >= 11 is 6.50. The highest BCUT2D eigenvalue weighted by molar-refractivity contribution is 6.32. The van der Waals surface area contributed by atoms with Crippen molar-refractivity contribution in [1.82, 2.24) is 0 Å². The molecule has 0 radical (unpaired) electrons. The van der Waals surface area contributed by atoms with Crippen LogP contribution in [-0.4, -0.2) is 38.0 Å². The van der Waals surface area contributed by atoms with Crippen LogP contribution >= 0.6 is 11.6 Å². The molecule has 38 heavy (non-hydrogen) atoms. The van der Waals surface area contributed by atoms with Crippen molar-refractivity contribution in [1.29, 1.82) is 5.26 Å². The van der Waals surface area contributed by atoms with Crippen LogP contribution in [0.4, 0.5) is 5.69 Å².